The number of fused-ring (bicyclic) bond motifs is 1. The Balaban J connectivity index is 1.46. The molecule has 5 rings (SSSR count). The first-order valence-corrected chi connectivity index (χ1v) is 15.0. The molecule has 8 nitrogen and oxygen atoms in total. The number of H-pyrrole nitrogens is 1. The van der Waals surface area contributed by atoms with Crippen molar-refractivity contribution in [2.24, 2.45) is 0 Å². The summed E-state index contributed by atoms with van der Waals surface area (Å²) in [5.41, 5.74) is 4.05. The third-order valence-corrected chi connectivity index (χ3v) is 8.38. The molecule has 1 aromatic heterocycles. The Labute approximate surface area is 245 Å². The molecular formula is C33H33N3O5S. The van der Waals surface area contributed by atoms with Crippen molar-refractivity contribution in [3.05, 3.63) is 114 Å². The van der Waals surface area contributed by atoms with Gasteiger partial charge in [0.15, 0.2) is 0 Å². The quantitative estimate of drug-likeness (QED) is 0.161. The molecule has 0 fully saturated rings. The van der Waals surface area contributed by atoms with Crippen molar-refractivity contribution in [3.8, 4) is 17.0 Å². The van der Waals surface area contributed by atoms with E-state index in [0.29, 0.717) is 22.2 Å². The van der Waals surface area contributed by atoms with Crippen LogP contribution in [0.4, 0.5) is 10.5 Å². The number of aliphatic hydroxyl groups excluding tert-OH is 1. The average Bonchev–Trinajstić information content (AvgIpc) is 3.33. The number of aromatic nitrogens is 1. The zero-order valence-corrected chi connectivity index (χ0v) is 24.4. The van der Waals surface area contributed by atoms with E-state index in [1.165, 1.54) is 0 Å². The van der Waals surface area contributed by atoms with Crippen LogP contribution in [0.5, 0.6) is 5.88 Å². The summed E-state index contributed by atoms with van der Waals surface area (Å²) in [5.74, 6) is 0.191. The fourth-order valence-electron chi connectivity index (χ4n) is 4.73. The number of anilines is 1. The number of aliphatic hydroxyl groups is 1. The number of hydrogen-bond acceptors (Lipinski definition) is 5. The molecule has 1 heterocycles. The van der Waals surface area contributed by atoms with Crippen LogP contribution in [0, 0.1) is 0 Å². The van der Waals surface area contributed by atoms with Crippen LogP contribution < -0.4 is 14.8 Å². The van der Waals surface area contributed by atoms with Crippen LogP contribution in [-0.2, 0) is 15.4 Å². The standard InChI is InChI=1S/C33H33N3O5S/c1-33(2,3)24-14-17-26(18-15-24)42(39,40)36-25-16-19-28-27(20-25)30(23-12-8-5-9-13-23)31(34-28)41-32(38)35-29(21-37)22-10-6-4-7-11-22/h4-20,29,34,36-37H,21H2,1-3H3,(H,35,38)/t29-/m0/s1. The highest BCUT2D eigenvalue weighted by Crippen LogP contribution is 2.39. The topological polar surface area (TPSA) is 121 Å². The number of benzene rings is 4. The Hall–Kier alpha value is -4.60. The molecular weight excluding hydrogens is 550 g/mol. The normalized spacial score (nSPS) is 12.6. The molecule has 0 bridgehead atoms. The zero-order valence-electron chi connectivity index (χ0n) is 23.6. The Kier molecular flexibility index (Phi) is 8.06. The van der Waals surface area contributed by atoms with Crippen molar-refractivity contribution in [3.63, 3.8) is 0 Å². The van der Waals surface area contributed by atoms with E-state index >= 15 is 0 Å². The maximum absolute atomic E-state index is 13.2. The Bertz CT molecular complexity index is 1790. The van der Waals surface area contributed by atoms with Gasteiger partial charge in [0, 0.05) is 16.6 Å². The molecule has 42 heavy (non-hydrogen) atoms. The van der Waals surface area contributed by atoms with Gasteiger partial charge in [0.25, 0.3) is 10.0 Å². The van der Waals surface area contributed by atoms with Crippen LogP contribution in [0.1, 0.15) is 37.9 Å². The van der Waals surface area contributed by atoms with Gasteiger partial charge in [-0.2, -0.15) is 0 Å². The number of nitrogens with one attached hydrogen (secondary N) is 3. The lowest BCUT2D eigenvalue weighted by atomic mass is 9.87. The van der Waals surface area contributed by atoms with E-state index in [9.17, 15) is 18.3 Å². The summed E-state index contributed by atoms with van der Waals surface area (Å²) in [6.07, 6.45) is -0.749. The molecule has 4 aromatic carbocycles. The summed E-state index contributed by atoms with van der Waals surface area (Å²) in [6, 6.07) is 29.8. The van der Waals surface area contributed by atoms with Gasteiger partial charge >= 0.3 is 6.09 Å². The lowest BCUT2D eigenvalue weighted by Crippen LogP contribution is -2.33. The van der Waals surface area contributed by atoms with Gasteiger partial charge in [-0.15, -0.1) is 0 Å². The molecule has 0 radical (unpaired) electrons. The Morgan fingerprint density at radius 2 is 1.55 bits per heavy atom. The lowest BCUT2D eigenvalue weighted by molar-refractivity contribution is 0.182. The van der Waals surface area contributed by atoms with Crippen molar-refractivity contribution >= 4 is 32.7 Å². The van der Waals surface area contributed by atoms with Crippen molar-refractivity contribution in [1.82, 2.24) is 10.3 Å². The highest BCUT2D eigenvalue weighted by atomic mass is 32.2. The van der Waals surface area contributed by atoms with Crippen molar-refractivity contribution in [2.75, 3.05) is 11.3 Å². The van der Waals surface area contributed by atoms with E-state index in [1.807, 2.05) is 60.7 Å². The second-order valence-corrected chi connectivity index (χ2v) is 12.7. The largest absolute Gasteiger partial charge is 0.414 e. The zero-order chi connectivity index (χ0) is 29.9. The Morgan fingerprint density at radius 1 is 0.905 bits per heavy atom. The van der Waals surface area contributed by atoms with Crippen LogP contribution in [0.25, 0.3) is 22.0 Å². The minimum atomic E-state index is -3.86. The maximum atomic E-state index is 13.2. The summed E-state index contributed by atoms with van der Waals surface area (Å²) in [7, 11) is -3.86. The molecule has 1 atom stereocenters. The summed E-state index contributed by atoms with van der Waals surface area (Å²) < 4.78 is 34.9. The van der Waals surface area contributed by atoms with Crippen LogP contribution >= 0.6 is 0 Å². The first kappa shape index (κ1) is 28.9. The minimum absolute atomic E-state index is 0.0971. The van der Waals surface area contributed by atoms with Gasteiger partial charge in [0.2, 0.25) is 5.88 Å². The number of carbonyl (C=O) groups is 1. The molecule has 1 amide bonds. The molecule has 0 saturated carbocycles. The molecule has 216 valence electrons. The number of ether oxygens (including phenoxy) is 1. The van der Waals surface area contributed by atoms with Crippen LogP contribution in [0.2, 0.25) is 0 Å². The molecule has 4 N–H and O–H groups in total. The first-order chi connectivity index (χ1) is 20.0. The van der Waals surface area contributed by atoms with Gasteiger partial charge in [0.05, 0.1) is 23.1 Å². The van der Waals surface area contributed by atoms with E-state index in [1.54, 1.807) is 42.5 Å². The maximum Gasteiger partial charge on any atom is 0.414 e. The number of amides is 1. The highest BCUT2D eigenvalue weighted by molar-refractivity contribution is 7.92. The number of rotatable bonds is 8. The van der Waals surface area contributed by atoms with Crippen molar-refractivity contribution < 1.29 is 23.1 Å². The van der Waals surface area contributed by atoms with Gasteiger partial charge < -0.3 is 20.1 Å². The van der Waals surface area contributed by atoms with Crippen molar-refractivity contribution in [1.29, 1.82) is 0 Å². The summed E-state index contributed by atoms with van der Waals surface area (Å²) in [4.78, 5) is 16.3. The molecule has 9 heteroatoms. The van der Waals surface area contributed by atoms with E-state index in [0.717, 1.165) is 16.7 Å². The summed E-state index contributed by atoms with van der Waals surface area (Å²) >= 11 is 0. The van der Waals surface area contributed by atoms with Gasteiger partial charge in [0.1, 0.15) is 0 Å². The third kappa shape index (κ3) is 6.32. The number of carbonyl (C=O) groups excluding carboxylic acids is 1. The van der Waals surface area contributed by atoms with Gasteiger partial charge in [-0.05, 0) is 52.4 Å². The van der Waals surface area contributed by atoms with Gasteiger partial charge in [-0.3, -0.25) is 4.72 Å². The molecule has 0 aliphatic carbocycles. The van der Waals surface area contributed by atoms with Crippen LogP contribution in [-0.4, -0.2) is 31.2 Å². The predicted molar refractivity (Wildman–Crippen MR) is 165 cm³/mol. The number of aromatic amines is 1. The molecule has 0 aliphatic rings. The minimum Gasteiger partial charge on any atom is -0.394 e. The second kappa shape index (κ2) is 11.7. The summed E-state index contributed by atoms with van der Waals surface area (Å²) in [6.45, 7) is 5.91. The van der Waals surface area contributed by atoms with Crippen LogP contribution in [0.3, 0.4) is 0 Å². The summed E-state index contributed by atoms with van der Waals surface area (Å²) in [5, 5.41) is 13.2. The van der Waals surface area contributed by atoms with E-state index < -0.39 is 22.2 Å². The highest BCUT2D eigenvalue weighted by Gasteiger charge is 2.22. The SMILES string of the molecule is CC(C)(C)c1ccc(S(=O)(=O)Nc2ccc3[nH]c(OC(=O)N[C@@H](CO)c4ccccc4)c(-c4ccccc4)c3c2)cc1. The average molecular weight is 584 g/mol. The van der Waals surface area contributed by atoms with Crippen LogP contribution in [0.15, 0.2) is 108 Å². The molecule has 5 aromatic rings. The van der Waals surface area contributed by atoms with E-state index in [4.69, 9.17) is 4.74 Å². The predicted octanol–water partition coefficient (Wildman–Crippen LogP) is 6.76. The van der Waals surface area contributed by atoms with Crippen molar-refractivity contribution in [2.45, 2.75) is 37.1 Å². The molecule has 0 spiro atoms. The number of sulfonamides is 1. The first-order valence-electron chi connectivity index (χ1n) is 13.5. The van der Waals surface area contributed by atoms with Gasteiger partial charge in [-0.1, -0.05) is 93.6 Å². The monoisotopic (exact) mass is 583 g/mol. The smallest absolute Gasteiger partial charge is 0.394 e. The second-order valence-electron chi connectivity index (χ2n) is 11.0. The third-order valence-electron chi connectivity index (χ3n) is 6.98. The fourth-order valence-corrected chi connectivity index (χ4v) is 5.78. The molecule has 0 saturated heterocycles. The van der Waals surface area contributed by atoms with E-state index in [-0.39, 0.29) is 22.8 Å². The molecule has 0 aliphatic heterocycles. The fraction of sp³-hybridized carbons (Fsp3) is 0.182. The van der Waals surface area contributed by atoms with Gasteiger partial charge in [-0.25, -0.2) is 13.2 Å². The lowest BCUT2D eigenvalue weighted by Gasteiger charge is -2.19. The molecule has 0 unspecified atom stereocenters. The Morgan fingerprint density at radius 3 is 2.17 bits per heavy atom. The van der Waals surface area contributed by atoms with E-state index in [2.05, 4.69) is 35.8 Å². The number of hydrogen-bond donors (Lipinski definition) is 4.